The van der Waals surface area contributed by atoms with Crippen molar-refractivity contribution < 1.29 is 9.59 Å². The summed E-state index contributed by atoms with van der Waals surface area (Å²) in [6.45, 7) is 3.64. The lowest BCUT2D eigenvalue weighted by Gasteiger charge is -2.12. The number of hydrogen-bond donors (Lipinski definition) is 0. The maximum Gasteiger partial charge on any atom is 0.228 e. The topological polar surface area (TPSA) is 37.4 Å². The van der Waals surface area contributed by atoms with Crippen LogP contribution in [-0.4, -0.2) is 23.8 Å². The lowest BCUT2D eigenvalue weighted by atomic mass is 10.1. The number of carbonyl (C=O) groups excluding carboxylic acids is 2. The van der Waals surface area contributed by atoms with Gasteiger partial charge in [0.2, 0.25) is 11.8 Å². The minimum Gasteiger partial charge on any atom is -0.286 e. The normalized spacial score (nSPS) is 10.3. The van der Waals surface area contributed by atoms with Crippen molar-refractivity contribution >= 4 is 11.8 Å². The molecule has 17 heavy (non-hydrogen) atoms. The molecule has 0 rings (SSSR count). The summed E-state index contributed by atoms with van der Waals surface area (Å²) in [5.41, 5.74) is 0. The van der Waals surface area contributed by atoms with Gasteiger partial charge in [0.15, 0.2) is 0 Å². The first-order valence-corrected chi connectivity index (χ1v) is 6.86. The van der Waals surface area contributed by atoms with Gasteiger partial charge in [0.25, 0.3) is 0 Å². The Bertz CT molecular complexity index is 226. The molecule has 0 radical (unpaired) electrons. The summed E-state index contributed by atoms with van der Waals surface area (Å²) >= 11 is 0. The number of imide groups is 1. The van der Waals surface area contributed by atoms with Crippen LogP contribution in [0.1, 0.15) is 71.6 Å². The molecule has 0 unspecified atom stereocenters. The number of rotatable bonds is 9. The maximum atomic E-state index is 11.5. The van der Waals surface area contributed by atoms with Crippen molar-refractivity contribution in [3.63, 3.8) is 0 Å². The number of amides is 2. The zero-order valence-electron chi connectivity index (χ0n) is 11.6. The summed E-state index contributed by atoms with van der Waals surface area (Å²) in [5.74, 6) is -0.224. The first kappa shape index (κ1) is 16.1. The third-order valence-electron chi connectivity index (χ3n) is 3.09. The van der Waals surface area contributed by atoms with Crippen molar-refractivity contribution in [1.29, 1.82) is 0 Å². The second-order valence-corrected chi connectivity index (χ2v) is 4.70. The lowest BCUT2D eigenvalue weighted by Crippen LogP contribution is -2.30. The van der Waals surface area contributed by atoms with Crippen molar-refractivity contribution in [2.45, 2.75) is 71.6 Å². The van der Waals surface area contributed by atoms with Gasteiger partial charge in [-0.25, -0.2) is 0 Å². The van der Waals surface area contributed by atoms with Crippen molar-refractivity contribution in [2.75, 3.05) is 7.05 Å². The number of hydrogen-bond acceptors (Lipinski definition) is 2. The van der Waals surface area contributed by atoms with E-state index in [1.165, 1.54) is 50.3 Å². The van der Waals surface area contributed by atoms with E-state index in [0.717, 1.165) is 12.8 Å². The van der Waals surface area contributed by atoms with Crippen LogP contribution in [0.15, 0.2) is 0 Å². The van der Waals surface area contributed by atoms with Gasteiger partial charge in [-0.3, -0.25) is 14.5 Å². The number of nitrogens with zero attached hydrogens (tertiary/aromatic N) is 1. The van der Waals surface area contributed by atoms with E-state index in [-0.39, 0.29) is 11.8 Å². The second kappa shape index (κ2) is 10.3. The van der Waals surface area contributed by atoms with Crippen molar-refractivity contribution in [3.05, 3.63) is 0 Å². The van der Waals surface area contributed by atoms with E-state index in [9.17, 15) is 9.59 Å². The Morgan fingerprint density at radius 3 is 1.82 bits per heavy atom. The Labute approximate surface area is 106 Å². The van der Waals surface area contributed by atoms with Crippen LogP contribution in [0.5, 0.6) is 0 Å². The summed E-state index contributed by atoms with van der Waals surface area (Å²) < 4.78 is 0. The van der Waals surface area contributed by atoms with Crippen LogP contribution in [0.3, 0.4) is 0 Å². The van der Waals surface area contributed by atoms with Crippen LogP contribution in [0.2, 0.25) is 0 Å². The molecule has 0 aromatic carbocycles. The predicted octanol–water partition coefficient (Wildman–Crippen LogP) is 3.52. The molecule has 0 aromatic rings. The summed E-state index contributed by atoms with van der Waals surface area (Å²) in [6, 6.07) is 0. The quantitative estimate of drug-likeness (QED) is 0.579. The molecular formula is C14H27NO2. The van der Waals surface area contributed by atoms with Crippen LogP contribution in [-0.2, 0) is 9.59 Å². The Balaban J connectivity index is 3.34. The van der Waals surface area contributed by atoms with E-state index in [2.05, 4.69) is 6.92 Å². The van der Waals surface area contributed by atoms with Gasteiger partial charge in [0, 0.05) is 20.4 Å². The Morgan fingerprint density at radius 2 is 1.35 bits per heavy atom. The van der Waals surface area contributed by atoms with Crippen molar-refractivity contribution in [2.24, 2.45) is 0 Å². The molecule has 0 aromatic heterocycles. The van der Waals surface area contributed by atoms with Gasteiger partial charge in [-0.15, -0.1) is 0 Å². The maximum absolute atomic E-state index is 11.5. The first-order chi connectivity index (χ1) is 8.09. The van der Waals surface area contributed by atoms with Crippen LogP contribution in [0.4, 0.5) is 0 Å². The highest BCUT2D eigenvalue weighted by molar-refractivity contribution is 5.93. The van der Waals surface area contributed by atoms with Crippen LogP contribution < -0.4 is 0 Å². The zero-order chi connectivity index (χ0) is 13.1. The van der Waals surface area contributed by atoms with E-state index in [1.807, 2.05) is 0 Å². The zero-order valence-corrected chi connectivity index (χ0v) is 11.6. The molecule has 100 valence electrons. The van der Waals surface area contributed by atoms with Gasteiger partial charge in [-0.2, -0.15) is 0 Å². The standard InChI is InChI=1S/C14H27NO2/c1-4-5-6-7-8-9-10-11-12-14(17)15(3)13(2)16/h4-12H2,1-3H3. The van der Waals surface area contributed by atoms with Gasteiger partial charge in [0.05, 0.1) is 0 Å². The first-order valence-electron chi connectivity index (χ1n) is 6.86. The smallest absolute Gasteiger partial charge is 0.228 e. The summed E-state index contributed by atoms with van der Waals surface area (Å²) in [5, 5.41) is 0. The molecule has 0 saturated heterocycles. The highest BCUT2D eigenvalue weighted by Crippen LogP contribution is 2.10. The molecule has 0 aliphatic heterocycles. The molecule has 2 amide bonds. The molecule has 0 aliphatic rings. The molecular weight excluding hydrogens is 214 g/mol. The number of carbonyl (C=O) groups is 2. The highest BCUT2D eigenvalue weighted by Gasteiger charge is 2.11. The fraction of sp³-hybridized carbons (Fsp3) is 0.857. The Hall–Kier alpha value is -0.860. The lowest BCUT2D eigenvalue weighted by molar-refractivity contribution is -0.141. The fourth-order valence-corrected chi connectivity index (χ4v) is 1.75. The summed E-state index contributed by atoms with van der Waals surface area (Å²) in [6.07, 6.45) is 10.3. The molecule has 3 heteroatoms. The van der Waals surface area contributed by atoms with Crippen LogP contribution >= 0.6 is 0 Å². The summed E-state index contributed by atoms with van der Waals surface area (Å²) in [4.78, 5) is 23.6. The molecule has 0 N–H and O–H groups in total. The van der Waals surface area contributed by atoms with Crippen molar-refractivity contribution in [3.8, 4) is 0 Å². The van der Waals surface area contributed by atoms with Gasteiger partial charge < -0.3 is 0 Å². The fourth-order valence-electron chi connectivity index (χ4n) is 1.75. The molecule has 0 atom stereocenters. The van der Waals surface area contributed by atoms with Crippen molar-refractivity contribution in [1.82, 2.24) is 4.90 Å². The average molecular weight is 241 g/mol. The molecule has 0 aliphatic carbocycles. The SMILES string of the molecule is CCCCCCCCCCC(=O)N(C)C(C)=O. The molecule has 0 bridgehead atoms. The molecule has 0 saturated carbocycles. The number of unbranched alkanes of at least 4 members (excludes halogenated alkanes) is 7. The van der Waals surface area contributed by atoms with E-state index in [0.29, 0.717) is 6.42 Å². The van der Waals surface area contributed by atoms with E-state index in [4.69, 9.17) is 0 Å². The van der Waals surface area contributed by atoms with Gasteiger partial charge in [-0.05, 0) is 6.42 Å². The highest BCUT2D eigenvalue weighted by atomic mass is 16.2. The van der Waals surface area contributed by atoms with Gasteiger partial charge >= 0.3 is 0 Å². The average Bonchev–Trinajstić information content (AvgIpc) is 2.31. The minimum absolute atomic E-state index is 0.0523. The molecule has 3 nitrogen and oxygen atoms in total. The molecule has 0 heterocycles. The second-order valence-electron chi connectivity index (χ2n) is 4.70. The van der Waals surface area contributed by atoms with Gasteiger partial charge in [0.1, 0.15) is 0 Å². The monoisotopic (exact) mass is 241 g/mol. The third-order valence-corrected chi connectivity index (χ3v) is 3.09. The van der Waals surface area contributed by atoms with E-state index in [1.54, 1.807) is 7.05 Å². The van der Waals surface area contributed by atoms with Crippen LogP contribution in [0.25, 0.3) is 0 Å². The Morgan fingerprint density at radius 1 is 0.882 bits per heavy atom. The third kappa shape index (κ3) is 8.90. The minimum atomic E-state index is -0.172. The summed E-state index contributed by atoms with van der Waals surface area (Å²) in [7, 11) is 1.55. The predicted molar refractivity (Wildman–Crippen MR) is 70.7 cm³/mol. The van der Waals surface area contributed by atoms with Crippen LogP contribution in [0, 0.1) is 0 Å². The van der Waals surface area contributed by atoms with E-state index >= 15 is 0 Å². The molecule has 0 spiro atoms. The van der Waals surface area contributed by atoms with Gasteiger partial charge in [-0.1, -0.05) is 51.9 Å². The molecule has 0 fully saturated rings. The largest absolute Gasteiger partial charge is 0.286 e. The van der Waals surface area contributed by atoms with E-state index < -0.39 is 0 Å². The Kier molecular flexibility index (Phi) is 9.78.